The molecule has 1 amide bonds. The molecule has 3 aromatic rings. The molecule has 0 saturated heterocycles. The highest BCUT2D eigenvalue weighted by atomic mass is 19.1. The highest BCUT2D eigenvalue weighted by Crippen LogP contribution is 2.25. The molecule has 1 saturated carbocycles. The average Bonchev–Trinajstić information content (AvgIpc) is 3.35. The van der Waals surface area contributed by atoms with Crippen LogP contribution in [0.25, 0.3) is 0 Å². The number of rotatable bonds is 5. The van der Waals surface area contributed by atoms with Crippen LogP contribution in [-0.2, 0) is 19.6 Å². The van der Waals surface area contributed by atoms with Crippen LogP contribution in [-0.4, -0.2) is 31.7 Å². The Labute approximate surface area is 180 Å². The lowest BCUT2D eigenvalue weighted by atomic mass is 9.95. The van der Waals surface area contributed by atoms with Crippen molar-refractivity contribution < 1.29 is 9.18 Å². The SMILES string of the molecule is O=C(NC1CCCCC1)c1ccnc(N2Cc3cn(Cc4ccc(F)cc4)nc3C2)n1. The fourth-order valence-electron chi connectivity index (χ4n) is 4.34. The number of nitrogens with one attached hydrogen (secondary N) is 1. The molecule has 1 fully saturated rings. The molecule has 8 heteroatoms. The summed E-state index contributed by atoms with van der Waals surface area (Å²) in [5.74, 6) is 0.174. The van der Waals surface area contributed by atoms with Gasteiger partial charge < -0.3 is 10.2 Å². The molecular formula is C23H25FN6O. The summed E-state index contributed by atoms with van der Waals surface area (Å²) in [4.78, 5) is 23.5. The van der Waals surface area contributed by atoms with Gasteiger partial charge in [-0.15, -0.1) is 0 Å². The van der Waals surface area contributed by atoms with Crippen molar-refractivity contribution in [2.75, 3.05) is 4.90 Å². The third-order valence-electron chi connectivity index (χ3n) is 5.98. The molecule has 2 aliphatic rings. The maximum Gasteiger partial charge on any atom is 0.270 e. The zero-order valence-corrected chi connectivity index (χ0v) is 17.3. The van der Waals surface area contributed by atoms with E-state index < -0.39 is 0 Å². The molecule has 0 unspecified atom stereocenters. The normalized spacial score (nSPS) is 16.4. The van der Waals surface area contributed by atoms with E-state index in [2.05, 4.69) is 20.4 Å². The molecule has 31 heavy (non-hydrogen) atoms. The van der Waals surface area contributed by atoms with Gasteiger partial charge in [0.25, 0.3) is 5.91 Å². The maximum atomic E-state index is 13.1. The van der Waals surface area contributed by atoms with Gasteiger partial charge in [-0.3, -0.25) is 9.48 Å². The van der Waals surface area contributed by atoms with Crippen LogP contribution in [0.1, 0.15) is 59.4 Å². The van der Waals surface area contributed by atoms with Gasteiger partial charge in [0.1, 0.15) is 11.5 Å². The zero-order chi connectivity index (χ0) is 21.2. The van der Waals surface area contributed by atoms with Crippen molar-refractivity contribution in [3.63, 3.8) is 0 Å². The molecule has 0 radical (unpaired) electrons. The Hall–Kier alpha value is -3.29. The molecule has 0 bridgehead atoms. The Kier molecular flexibility index (Phi) is 5.36. The first-order valence-electron chi connectivity index (χ1n) is 10.8. The van der Waals surface area contributed by atoms with Gasteiger partial charge in [0.05, 0.1) is 18.8 Å². The first-order valence-corrected chi connectivity index (χ1v) is 10.8. The minimum atomic E-state index is -0.239. The number of aromatic nitrogens is 4. The first-order chi connectivity index (χ1) is 15.1. The van der Waals surface area contributed by atoms with Crippen LogP contribution in [0.4, 0.5) is 10.3 Å². The zero-order valence-electron chi connectivity index (χ0n) is 17.3. The second-order valence-electron chi connectivity index (χ2n) is 8.33. The van der Waals surface area contributed by atoms with E-state index in [1.54, 1.807) is 24.4 Å². The quantitative estimate of drug-likeness (QED) is 0.684. The average molecular weight is 420 g/mol. The van der Waals surface area contributed by atoms with Gasteiger partial charge in [0, 0.05) is 30.5 Å². The smallest absolute Gasteiger partial charge is 0.270 e. The molecule has 160 valence electrons. The predicted octanol–water partition coefficient (Wildman–Crippen LogP) is 3.44. The van der Waals surface area contributed by atoms with E-state index in [1.807, 2.05) is 15.8 Å². The molecule has 1 aromatic carbocycles. The van der Waals surface area contributed by atoms with Crippen LogP contribution in [0.3, 0.4) is 0 Å². The fourth-order valence-corrected chi connectivity index (χ4v) is 4.34. The van der Waals surface area contributed by atoms with Gasteiger partial charge in [-0.05, 0) is 36.6 Å². The van der Waals surface area contributed by atoms with Crippen LogP contribution in [0.5, 0.6) is 0 Å². The van der Waals surface area contributed by atoms with E-state index in [4.69, 9.17) is 0 Å². The van der Waals surface area contributed by atoms with E-state index in [0.29, 0.717) is 31.3 Å². The van der Waals surface area contributed by atoms with E-state index in [0.717, 1.165) is 29.7 Å². The lowest BCUT2D eigenvalue weighted by Gasteiger charge is -2.22. The van der Waals surface area contributed by atoms with Crippen LogP contribution in [0.2, 0.25) is 0 Å². The lowest BCUT2D eigenvalue weighted by Crippen LogP contribution is -2.36. The number of anilines is 1. The molecule has 0 atom stereocenters. The maximum absolute atomic E-state index is 13.1. The van der Waals surface area contributed by atoms with Gasteiger partial charge in [-0.25, -0.2) is 14.4 Å². The van der Waals surface area contributed by atoms with Crippen molar-refractivity contribution in [1.29, 1.82) is 0 Å². The number of carbonyl (C=O) groups excluding carboxylic acids is 1. The van der Waals surface area contributed by atoms with Gasteiger partial charge in [-0.2, -0.15) is 5.10 Å². The van der Waals surface area contributed by atoms with Crippen LogP contribution < -0.4 is 10.2 Å². The highest BCUT2D eigenvalue weighted by molar-refractivity contribution is 5.92. The van der Waals surface area contributed by atoms with E-state index in [1.165, 1.54) is 31.4 Å². The number of carbonyl (C=O) groups is 1. The second-order valence-corrected chi connectivity index (χ2v) is 8.33. The Morgan fingerprint density at radius 3 is 2.68 bits per heavy atom. The number of benzene rings is 1. The highest BCUT2D eigenvalue weighted by Gasteiger charge is 2.25. The Morgan fingerprint density at radius 1 is 1.10 bits per heavy atom. The monoisotopic (exact) mass is 420 g/mol. The second kappa shape index (κ2) is 8.45. The molecular weight excluding hydrogens is 395 g/mol. The van der Waals surface area contributed by atoms with E-state index in [9.17, 15) is 9.18 Å². The van der Waals surface area contributed by atoms with Gasteiger partial charge in [-0.1, -0.05) is 31.4 Å². The summed E-state index contributed by atoms with van der Waals surface area (Å²) in [6, 6.07) is 8.38. The number of halogens is 1. The van der Waals surface area contributed by atoms with Gasteiger partial charge >= 0.3 is 0 Å². The van der Waals surface area contributed by atoms with Crippen molar-refractivity contribution >= 4 is 11.9 Å². The molecule has 7 nitrogen and oxygen atoms in total. The molecule has 5 rings (SSSR count). The number of fused-ring (bicyclic) bond motifs is 1. The number of nitrogens with zero attached hydrogens (tertiary/aromatic N) is 5. The molecule has 1 N–H and O–H groups in total. The largest absolute Gasteiger partial charge is 0.348 e. The summed E-state index contributed by atoms with van der Waals surface area (Å²) >= 11 is 0. The molecule has 2 aromatic heterocycles. The van der Waals surface area contributed by atoms with Gasteiger partial charge in [0.15, 0.2) is 0 Å². The van der Waals surface area contributed by atoms with Crippen LogP contribution in [0, 0.1) is 5.82 Å². The lowest BCUT2D eigenvalue weighted by molar-refractivity contribution is 0.0922. The summed E-state index contributed by atoms with van der Waals surface area (Å²) in [7, 11) is 0. The van der Waals surface area contributed by atoms with Crippen molar-refractivity contribution in [2.45, 2.75) is 57.8 Å². The summed E-state index contributed by atoms with van der Waals surface area (Å²) < 4.78 is 15.0. The van der Waals surface area contributed by atoms with Crippen molar-refractivity contribution in [2.24, 2.45) is 0 Å². The summed E-state index contributed by atoms with van der Waals surface area (Å²) in [5.41, 5.74) is 3.49. The number of amides is 1. The fraction of sp³-hybridized carbons (Fsp3) is 0.391. The summed E-state index contributed by atoms with van der Waals surface area (Å²) in [5, 5.41) is 7.78. The number of hydrogen-bond acceptors (Lipinski definition) is 5. The topological polar surface area (TPSA) is 75.9 Å². The first kappa shape index (κ1) is 19.7. The minimum Gasteiger partial charge on any atom is -0.348 e. The van der Waals surface area contributed by atoms with E-state index in [-0.39, 0.29) is 17.8 Å². The van der Waals surface area contributed by atoms with E-state index >= 15 is 0 Å². The molecule has 3 heterocycles. The van der Waals surface area contributed by atoms with Crippen LogP contribution in [0.15, 0.2) is 42.7 Å². The predicted molar refractivity (Wildman–Crippen MR) is 114 cm³/mol. The van der Waals surface area contributed by atoms with Crippen LogP contribution >= 0.6 is 0 Å². The van der Waals surface area contributed by atoms with Crippen molar-refractivity contribution in [1.82, 2.24) is 25.1 Å². The minimum absolute atomic E-state index is 0.128. The summed E-state index contributed by atoms with van der Waals surface area (Å²) in [6.07, 6.45) is 9.32. The van der Waals surface area contributed by atoms with Crippen molar-refractivity contribution in [3.8, 4) is 0 Å². The Balaban J connectivity index is 1.23. The molecule has 0 spiro atoms. The molecule has 1 aliphatic carbocycles. The Morgan fingerprint density at radius 2 is 1.90 bits per heavy atom. The number of hydrogen-bond donors (Lipinski definition) is 1. The third kappa shape index (κ3) is 4.42. The van der Waals surface area contributed by atoms with Crippen molar-refractivity contribution in [3.05, 3.63) is 71.1 Å². The third-order valence-corrected chi connectivity index (χ3v) is 5.98. The summed E-state index contributed by atoms with van der Waals surface area (Å²) in [6.45, 7) is 1.84. The van der Waals surface area contributed by atoms with Gasteiger partial charge in [0.2, 0.25) is 5.95 Å². The standard InChI is InChI=1S/C23H25FN6O/c24-18-8-6-16(7-9-18)12-30-14-17-13-29(15-21(17)28-30)23-25-11-10-20(27-23)22(31)26-19-4-2-1-3-5-19/h6-11,14,19H,1-5,12-13,15H2,(H,26,31). The molecule has 1 aliphatic heterocycles. The Bertz CT molecular complexity index is 1050.